The lowest BCUT2D eigenvalue weighted by Crippen LogP contribution is -2.13. The van der Waals surface area contributed by atoms with Crippen molar-refractivity contribution in [1.82, 2.24) is 4.90 Å². The van der Waals surface area contributed by atoms with Crippen molar-refractivity contribution in [2.24, 2.45) is 0 Å². The average molecular weight is 350 g/mol. The molecule has 0 saturated heterocycles. The second kappa shape index (κ2) is 7.23. The Bertz CT molecular complexity index is 680. The SMILES string of the molecule is CN(C)CCC[C@H]1OCc2cc(-c3cc(Cl)cc(Cl)c3)ccc21. The van der Waals surface area contributed by atoms with E-state index in [1.165, 1.54) is 11.1 Å². The minimum atomic E-state index is 0.224. The summed E-state index contributed by atoms with van der Waals surface area (Å²) in [6.07, 6.45) is 2.43. The molecule has 0 saturated carbocycles. The average Bonchev–Trinajstić information content (AvgIpc) is 2.88. The van der Waals surface area contributed by atoms with Crippen LogP contribution in [0.1, 0.15) is 30.1 Å². The summed E-state index contributed by atoms with van der Waals surface area (Å²) in [6.45, 7) is 1.78. The zero-order chi connectivity index (χ0) is 16.4. The van der Waals surface area contributed by atoms with Crippen molar-refractivity contribution in [3.8, 4) is 11.1 Å². The molecule has 1 heterocycles. The molecule has 0 aromatic heterocycles. The van der Waals surface area contributed by atoms with Gasteiger partial charge in [-0.1, -0.05) is 35.3 Å². The molecule has 0 amide bonds. The highest BCUT2D eigenvalue weighted by Crippen LogP contribution is 2.37. The molecule has 0 unspecified atom stereocenters. The van der Waals surface area contributed by atoms with Gasteiger partial charge in [-0.05, 0) is 80.0 Å². The minimum absolute atomic E-state index is 0.224. The summed E-state index contributed by atoms with van der Waals surface area (Å²) in [5.74, 6) is 0. The van der Waals surface area contributed by atoms with Gasteiger partial charge in [-0.15, -0.1) is 0 Å². The number of hydrogen-bond donors (Lipinski definition) is 0. The molecule has 1 aliphatic rings. The second-order valence-corrected chi connectivity index (χ2v) is 7.19. The quantitative estimate of drug-likeness (QED) is 0.699. The maximum atomic E-state index is 6.11. The maximum absolute atomic E-state index is 6.11. The molecule has 0 fully saturated rings. The molecule has 3 rings (SSSR count). The van der Waals surface area contributed by atoms with Gasteiger partial charge in [0.15, 0.2) is 0 Å². The van der Waals surface area contributed by atoms with Crippen molar-refractivity contribution < 1.29 is 4.74 Å². The van der Waals surface area contributed by atoms with Crippen LogP contribution < -0.4 is 0 Å². The molecular weight excluding hydrogens is 329 g/mol. The van der Waals surface area contributed by atoms with Crippen LogP contribution in [-0.4, -0.2) is 25.5 Å². The van der Waals surface area contributed by atoms with Crippen LogP contribution in [0.4, 0.5) is 0 Å². The van der Waals surface area contributed by atoms with Gasteiger partial charge >= 0.3 is 0 Å². The molecule has 2 aromatic carbocycles. The zero-order valence-electron chi connectivity index (χ0n) is 13.5. The van der Waals surface area contributed by atoms with Crippen LogP contribution in [0, 0.1) is 0 Å². The second-order valence-electron chi connectivity index (χ2n) is 6.32. The summed E-state index contributed by atoms with van der Waals surface area (Å²) in [6, 6.07) is 12.2. The Morgan fingerprint density at radius 1 is 1.04 bits per heavy atom. The van der Waals surface area contributed by atoms with Gasteiger partial charge in [-0.2, -0.15) is 0 Å². The van der Waals surface area contributed by atoms with Gasteiger partial charge in [0, 0.05) is 10.0 Å². The number of ether oxygens (including phenoxy) is 1. The Kier molecular flexibility index (Phi) is 5.27. The van der Waals surface area contributed by atoms with E-state index >= 15 is 0 Å². The van der Waals surface area contributed by atoms with E-state index in [2.05, 4.69) is 37.2 Å². The molecule has 1 aliphatic heterocycles. The lowest BCUT2D eigenvalue weighted by Gasteiger charge is -2.14. The molecule has 0 aliphatic carbocycles. The predicted molar refractivity (Wildman–Crippen MR) is 97.2 cm³/mol. The van der Waals surface area contributed by atoms with E-state index < -0.39 is 0 Å². The molecular formula is C19H21Cl2NO. The number of rotatable bonds is 5. The van der Waals surface area contributed by atoms with Crippen molar-refractivity contribution in [3.63, 3.8) is 0 Å². The standard InChI is InChI=1S/C19H21Cl2NO/c1-22(2)7-3-4-19-18-6-5-13(8-15(18)12-23-19)14-9-16(20)11-17(21)10-14/h5-6,8-11,19H,3-4,7,12H2,1-2H3/t19-/m1/s1. The van der Waals surface area contributed by atoms with E-state index in [9.17, 15) is 0 Å². The lowest BCUT2D eigenvalue weighted by atomic mass is 9.97. The predicted octanol–water partition coefficient (Wildman–Crippen LogP) is 5.57. The molecule has 1 atom stereocenters. The summed E-state index contributed by atoms with van der Waals surface area (Å²) in [5.41, 5.74) is 4.76. The topological polar surface area (TPSA) is 12.5 Å². The first-order valence-electron chi connectivity index (χ1n) is 7.88. The van der Waals surface area contributed by atoms with Gasteiger partial charge in [0.05, 0.1) is 12.7 Å². The Labute approximate surface area is 148 Å². The first kappa shape index (κ1) is 16.8. The summed E-state index contributed by atoms with van der Waals surface area (Å²) in [7, 11) is 4.21. The largest absolute Gasteiger partial charge is 0.369 e. The highest BCUT2D eigenvalue weighted by Gasteiger charge is 2.23. The smallest absolute Gasteiger partial charge is 0.0833 e. The van der Waals surface area contributed by atoms with E-state index in [-0.39, 0.29) is 6.10 Å². The Morgan fingerprint density at radius 3 is 2.48 bits per heavy atom. The number of nitrogens with zero attached hydrogens (tertiary/aromatic N) is 1. The molecule has 0 spiro atoms. The normalized spacial score (nSPS) is 16.8. The Balaban J connectivity index is 1.78. The van der Waals surface area contributed by atoms with Gasteiger partial charge in [-0.25, -0.2) is 0 Å². The molecule has 2 aromatic rings. The molecule has 23 heavy (non-hydrogen) atoms. The molecule has 0 N–H and O–H groups in total. The van der Waals surface area contributed by atoms with E-state index in [0.717, 1.165) is 30.5 Å². The minimum Gasteiger partial charge on any atom is -0.369 e. The van der Waals surface area contributed by atoms with Gasteiger partial charge in [0.2, 0.25) is 0 Å². The van der Waals surface area contributed by atoms with Crippen molar-refractivity contribution >= 4 is 23.2 Å². The molecule has 2 nitrogen and oxygen atoms in total. The third-order valence-electron chi connectivity index (χ3n) is 4.20. The highest BCUT2D eigenvalue weighted by atomic mass is 35.5. The van der Waals surface area contributed by atoms with Crippen molar-refractivity contribution in [2.75, 3.05) is 20.6 Å². The number of halogens is 2. The first-order chi connectivity index (χ1) is 11.0. The van der Waals surface area contributed by atoms with Crippen LogP contribution in [0.5, 0.6) is 0 Å². The van der Waals surface area contributed by atoms with Gasteiger partial charge in [0.25, 0.3) is 0 Å². The van der Waals surface area contributed by atoms with Gasteiger partial charge in [-0.3, -0.25) is 0 Å². The van der Waals surface area contributed by atoms with Crippen LogP contribution >= 0.6 is 23.2 Å². The number of benzene rings is 2. The Morgan fingerprint density at radius 2 is 1.78 bits per heavy atom. The fourth-order valence-electron chi connectivity index (χ4n) is 3.06. The molecule has 0 bridgehead atoms. The maximum Gasteiger partial charge on any atom is 0.0833 e. The highest BCUT2D eigenvalue weighted by molar-refractivity contribution is 6.35. The summed E-state index contributed by atoms with van der Waals surface area (Å²) in [4.78, 5) is 2.21. The van der Waals surface area contributed by atoms with E-state index in [4.69, 9.17) is 27.9 Å². The van der Waals surface area contributed by atoms with E-state index in [0.29, 0.717) is 16.7 Å². The van der Waals surface area contributed by atoms with E-state index in [1.54, 1.807) is 6.07 Å². The van der Waals surface area contributed by atoms with Crippen LogP contribution in [0.15, 0.2) is 36.4 Å². The first-order valence-corrected chi connectivity index (χ1v) is 8.64. The summed E-state index contributed by atoms with van der Waals surface area (Å²) >= 11 is 12.2. The molecule has 0 radical (unpaired) electrons. The van der Waals surface area contributed by atoms with E-state index in [1.807, 2.05) is 12.1 Å². The van der Waals surface area contributed by atoms with Crippen LogP contribution in [0.25, 0.3) is 11.1 Å². The lowest BCUT2D eigenvalue weighted by molar-refractivity contribution is 0.0573. The summed E-state index contributed by atoms with van der Waals surface area (Å²) in [5, 5.41) is 1.32. The van der Waals surface area contributed by atoms with Crippen molar-refractivity contribution in [1.29, 1.82) is 0 Å². The van der Waals surface area contributed by atoms with Gasteiger partial charge in [0.1, 0.15) is 0 Å². The third kappa shape index (κ3) is 4.07. The molecule has 4 heteroatoms. The van der Waals surface area contributed by atoms with Crippen LogP contribution in [0.3, 0.4) is 0 Å². The van der Waals surface area contributed by atoms with Crippen LogP contribution in [0.2, 0.25) is 10.0 Å². The Hall–Kier alpha value is -1.06. The summed E-state index contributed by atoms with van der Waals surface area (Å²) < 4.78 is 5.97. The fourth-order valence-corrected chi connectivity index (χ4v) is 3.58. The monoisotopic (exact) mass is 349 g/mol. The zero-order valence-corrected chi connectivity index (χ0v) is 15.0. The van der Waals surface area contributed by atoms with Crippen molar-refractivity contribution in [2.45, 2.75) is 25.6 Å². The number of hydrogen-bond acceptors (Lipinski definition) is 2. The molecule has 122 valence electrons. The fraction of sp³-hybridized carbons (Fsp3) is 0.368. The third-order valence-corrected chi connectivity index (χ3v) is 4.63. The van der Waals surface area contributed by atoms with Crippen LogP contribution in [-0.2, 0) is 11.3 Å². The van der Waals surface area contributed by atoms with Gasteiger partial charge < -0.3 is 9.64 Å². The number of fused-ring (bicyclic) bond motifs is 1. The van der Waals surface area contributed by atoms with Crippen molar-refractivity contribution in [3.05, 3.63) is 57.6 Å².